The van der Waals surface area contributed by atoms with Gasteiger partial charge in [-0.3, -0.25) is 14.4 Å². The van der Waals surface area contributed by atoms with E-state index in [-0.39, 0.29) is 29.6 Å². The number of esters is 1. The first-order valence-corrected chi connectivity index (χ1v) is 15.0. The zero-order valence-electron chi connectivity index (χ0n) is 23.2. The van der Waals surface area contributed by atoms with Gasteiger partial charge in [-0.1, -0.05) is 30.3 Å². The van der Waals surface area contributed by atoms with E-state index in [0.29, 0.717) is 80.9 Å². The molecule has 0 unspecified atom stereocenters. The fourth-order valence-electron chi connectivity index (χ4n) is 5.57. The molecule has 7 nitrogen and oxygen atoms in total. The molecule has 11 heteroatoms. The minimum atomic E-state index is -4.42. The molecular formula is C31H32F3N3O4S. The van der Waals surface area contributed by atoms with Crippen LogP contribution in [0.1, 0.15) is 69.9 Å². The molecule has 0 saturated carbocycles. The van der Waals surface area contributed by atoms with Crippen molar-refractivity contribution in [3.63, 3.8) is 0 Å². The van der Waals surface area contributed by atoms with Gasteiger partial charge in [0.1, 0.15) is 5.69 Å². The second-order valence-corrected chi connectivity index (χ2v) is 11.5. The zero-order chi connectivity index (χ0) is 29.9. The Hall–Kier alpha value is -3.73. The van der Waals surface area contributed by atoms with Gasteiger partial charge in [-0.25, -0.2) is 4.98 Å². The van der Waals surface area contributed by atoms with Crippen LogP contribution in [0.15, 0.2) is 53.9 Å². The number of thiazole rings is 1. The van der Waals surface area contributed by atoms with Gasteiger partial charge in [-0.2, -0.15) is 13.2 Å². The van der Waals surface area contributed by atoms with Gasteiger partial charge >= 0.3 is 12.1 Å². The lowest BCUT2D eigenvalue weighted by Crippen LogP contribution is -2.40. The molecule has 1 aromatic heterocycles. The van der Waals surface area contributed by atoms with Crippen molar-refractivity contribution in [2.75, 3.05) is 32.8 Å². The topological polar surface area (TPSA) is 79.8 Å². The molecule has 2 saturated heterocycles. The van der Waals surface area contributed by atoms with Crippen LogP contribution in [0.4, 0.5) is 13.2 Å². The maximum atomic E-state index is 13.5. The van der Waals surface area contributed by atoms with Gasteiger partial charge in [0, 0.05) is 43.0 Å². The molecule has 42 heavy (non-hydrogen) atoms. The third-order valence-electron chi connectivity index (χ3n) is 7.96. The average Bonchev–Trinajstić information content (AvgIpc) is 3.51. The maximum Gasteiger partial charge on any atom is 0.416 e. The van der Waals surface area contributed by atoms with E-state index in [1.807, 2.05) is 0 Å². The first-order valence-electron chi connectivity index (χ1n) is 14.1. The van der Waals surface area contributed by atoms with Gasteiger partial charge in [0.15, 0.2) is 0 Å². The minimum absolute atomic E-state index is 0.125. The molecule has 0 N–H and O–H groups in total. The molecule has 2 aliphatic rings. The van der Waals surface area contributed by atoms with Crippen LogP contribution in [0.25, 0.3) is 11.1 Å². The van der Waals surface area contributed by atoms with Crippen LogP contribution in [0.5, 0.6) is 0 Å². The normalized spacial score (nSPS) is 16.9. The van der Waals surface area contributed by atoms with Crippen molar-refractivity contribution in [1.82, 2.24) is 14.8 Å². The fourth-order valence-corrected chi connectivity index (χ4v) is 6.54. The standard InChI is InChI=1S/C31H32F3N3O4S/c1-2-41-30(40)22-13-17-37(18-14-22)29(39)26-19-42-27(35-26)21-11-15-36(16-12-21)28(38)25-6-4-3-5-24(25)20-7-9-23(10-8-20)31(32,33)34/h3-10,19,21-22H,2,11-18H2,1H3. The molecule has 5 rings (SSSR count). The van der Waals surface area contributed by atoms with Crippen LogP contribution in [0.3, 0.4) is 0 Å². The Labute approximate surface area is 246 Å². The minimum Gasteiger partial charge on any atom is -0.466 e. The smallest absolute Gasteiger partial charge is 0.416 e. The second kappa shape index (κ2) is 12.6. The lowest BCUT2D eigenvalue weighted by Gasteiger charge is -2.32. The molecule has 2 aromatic carbocycles. The maximum absolute atomic E-state index is 13.5. The Morgan fingerprint density at radius 1 is 0.905 bits per heavy atom. The molecule has 0 spiro atoms. The van der Waals surface area contributed by atoms with Gasteiger partial charge in [0.05, 0.1) is 23.1 Å². The van der Waals surface area contributed by atoms with E-state index in [9.17, 15) is 27.6 Å². The van der Waals surface area contributed by atoms with Crippen LogP contribution < -0.4 is 0 Å². The summed E-state index contributed by atoms with van der Waals surface area (Å²) in [6.07, 6.45) is -1.88. The van der Waals surface area contributed by atoms with Gasteiger partial charge in [-0.15, -0.1) is 11.3 Å². The third-order valence-corrected chi connectivity index (χ3v) is 8.96. The van der Waals surface area contributed by atoms with Gasteiger partial charge in [-0.05, 0) is 61.9 Å². The van der Waals surface area contributed by atoms with E-state index in [1.54, 1.807) is 46.4 Å². The quantitative estimate of drug-likeness (QED) is 0.313. The highest BCUT2D eigenvalue weighted by molar-refractivity contribution is 7.09. The van der Waals surface area contributed by atoms with Gasteiger partial charge in [0.25, 0.3) is 11.8 Å². The largest absolute Gasteiger partial charge is 0.466 e. The van der Waals surface area contributed by atoms with Crippen molar-refractivity contribution in [1.29, 1.82) is 0 Å². The summed E-state index contributed by atoms with van der Waals surface area (Å²) in [5, 5.41) is 2.66. The lowest BCUT2D eigenvalue weighted by atomic mass is 9.94. The SMILES string of the molecule is CCOC(=O)C1CCN(C(=O)c2csc(C3CCN(C(=O)c4ccccc4-c4ccc(C(F)(F)F)cc4)CC3)n2)CC1. The third kappa shape index (κ3) is 6.51. The summed E-state index contributed by atoms with van der Waals surface area (Å²) in [5.41, 5.74) is 1.26. The number of piperidine rings is 2. The zero-order valence-corrected chi connectivity index (χ0v) is 24.0. The molecule has 2 aliphatic heterocycles. The molecule has 222 valence electrons. The molecule has 3 aromatic rings. The van der Waals surface area contributed by atoms with E-state index >= 15 is 0 Å². The van der Waals surface area contributed by atoms with Gasteiger partial charge < -0.3 is 14.5 Å². The number of halogens is 3. The first kappa shape index (κ1) is 29.8. The highest BCUT2D eigenvalue weighted by Crippen LogP contribution is 2.34. The van der Waals surface area contributed by atoms with Crippen molar-refractivity contribution in [3.05, 3.63) is 75.7 Å². The number of hydrogen-bond acceptors (Lipinski definition) is 6. The highest BCUT2D eigenvalue weighted by Gasteiger charge is 2.32. The Morgan fingerprint density at radius 2 is 1.52 bits per heavy atom. The number of rotatable bonds is 6. The van der Waals surface area contributed by atoms with E-state index in [1.165, 1.54) is 23.5 Å². The van der Waals surface area contributed by atoms with Crippen molar-refractivity contribution in [2.45, 2.75) is 44.7 Å². The molecule has 0 aliphatic carbocycles. The number of nitrogens with zero attached hydrogens (tertiary/aromatic N) is 3. The van der Waals surface area contributed by atoms with Crippen LogP contribution in [0.2, 0.25) is 0 Å². The summed E-state index contributed by atoms with van der Waals surface area (Å²) in [4.78, 5) is 46.7. The summed E-state index contributed by atoms with van der Waals surface area (Å²) in [7, 11) is 0. The Kier molecular flexibility index (Phi) is 8.96. The van der Waals surface area contributed by atoms with Crippen molar-refractivity contribution < 1.29 is 32.3 Å². The van der Waals surface area contributed by atoms with Crippen LogP contribution in [-0.4, -0.2) is 65.4 Å². The molecule has 2 amide bonds. The Bertz CT molecular complexity index is 1420. The Balaban J connectivity index is 1.18. The van der Waals surface area contributed by atoms with Crippen LogP contribution >= 0.6 is 11.3 Å². The van der Waals surface area contributed by atoms with Crippen LogP contribution in [0, 0.1) is 5.92 Å². The van der Waals surface area contributed by atoms with Crippen molar-refractivity contribution in [3.8, 4) is 11.1 Å². The number of benzene rings is 2. The van der Waals surface area contributed by atoms with E-state index in [0.717, 1.165) is 17.1 Å². The van der Waals surface area contributed by atoms with Crippen molar-refractivity contribution in [2.24, 2.45) is 5.92 Å². The summed E-state index contributed by atoms with van der Waals surface area (Å²) in [6, 6.07) is 11.8. The number of carbonyl (C=O) groups excluding carboxylic acids is 3. The lowest BCUT2D eigenvalue weighted by molar-refractivity contribution is -0.149. The summed E-state index contributed by atoms with van der Waals surface area (Å²) in [5.74, 6) is -0.541. The predicted molar refractivity (Wildman–Crippen MR) is 152 cm³/mol. The number of aromatic nitrogens is 1. The van der Waals surface area contributed by atoms with E-state index in [4.69, 9.17) is 4.74 Å². The Morgan fingerprint density at radius 3 is 2.17 bits per heavy atom. The number of carbonyl (C=O) groups is 3. The molecule has 2 fully saturated rings. The van der Waals surface area contributed by atoms with Crippen LogP contribution in [-0.2, 0) is 15.7 Å². The molecule has 0 radical (unpaired) electrons. The predicted octanol–water partition coefficient (Wildman–Crippen LogP) is 6.26. The molecule has 0 bridgehead atoms. The second-order valence-electron chi connectivity index (χ2n) is 10.6. The molecular weight excluding hydrogens is 567 g/mol. The highest BCUT2D eigenvalue weighted by atomic mass is 32.1. The molecule has 3 heterocycles. The number of hydrogen-bond donors (Lipinski definition) is 0. The summed E-state index contributed by atoms with van der Waals surface area (Å²) < 4.78 is 44.2. The molecule has 0 atom stereocenters. The van der Waals surface area contributed by atoms with Gasteiger partial charge in [0.2, 0.25) is 0 Å². The van der Waals surface area contributed by atoms with E-state index in [2.05, 4.69) is 4.98 Å². The summed E-state index contributed by atoms with van der Waals surface area (Å²) in [6.45, 7) is 4.13. The number of ether oxygens (including phenoxy) is 1. The van der Waals surface area contributed by atoms with E-state index < -0.39 is 11.7 Å². The summed E-state index contributed by atoms with van der Waals surface area (Å²) >= 11 is 1.45. The van der Waals surface area contributed by atoms with Crippen molar-refractivity contribution >= 4 is 29.1 Å². The number of likely N-dealkylation sites (tertiary alicyclic amines) is 2. The average molecular weight is 600 g/mol. The monoisotopic (exact) mass is 599 g/mol. The number of amides is 2. The first-order chi connectivity index (χ1) is 20.2. The number of alkyl halides is 3. The fraction of sp³-hybridized carbons (Fsp3) is 0.419.